The average molecular weight is 273 g/mol. The third-order valence-corrected chi connectivity index (χ3v) is 3.31. The van der Waals surface area contributed by atoms with Gasteiger partial charge in [-0.05, 0) is 32.0 Å². The SMILES string of the molecule is CC(C)CC(CN(C)C)NCC(C#N)c1ccccc1. The first-order valence-corrected chi connectivity index (χ1v) is 7.35. The van der Waals surface area contributed by atoms with Gasteiger partial charge in [-0.2, -0.15) is 5.26 Å². The van der Waals surface area contributed by atoms with E-state index in [0.717, 1.165) is 18.5 Å². The number of benzene rings is 1. The van der Waals surface area contributed by atoms with E-state index in [1.807, 2.05) is 30.3 Å². The topological polar surface area (TPSA) is 39.1 Å². The smallest absolute Gasteiger partial charge is 0.0837 e. The van der Waals surface area contributed by atoms with Gasteiger partial charge >= 0.3 is 0 Å². The Morgan fingerprint density at radius 1 is 1.20 bits per heavy atom. The summed E-state index contributed by atoms with van der Waals surface area (Å²) in [5, 5.41) is 12.9. The van der Waals surface area contributed by atoms with Gasteiger partial charge < -0.3 is 10.2 Å². The molecule has 0 aliphatic rings. The Hall–Kier alpha value is -1.37. The fourth-order valence-electron chi connectivity index (χ4n) is 2.44. The van der Waals surface area contributed by atoms with Crippen molar-refractivity contribution >= 4 is 0 Å². The number of hydrogen-bond acceptors (Lipinski definition) is 3. The fourth-order valence-corrected chi connectivity index (χ4v) is 2.44. The predicted octanol–water partition coefficient (Wildman–Crippen LogP) is 2.86. The molecular weight excluding hydrogens is 246 g/mol. The lowest BCUT2D eigenvalue weighted by Crippen LogP contribution is -2.40. The molecule has 0 bridgehead atoms. The molecule has 1 aromatic carbocycles. The molecule has 0 radical (unpaired) electrons. The third kappa shape index (κ3) is 6.18. The van der Waals surface area contributed by atoms with Gasteiger partial charge in [0.1, 0.15) is 0 Å². The molecule has 20 heavy (non-hydrogen) atoms. The van der Waals surface area contributed by atoms with Crippen LogP contribution >= 0.6 is 0 Å². The molecule has 0 fully saturated rings. The summed E-state index contributed by atoms with van der Waals surface area (Å²) in [6.45, 7) is 6.20. The normalized spacial score (nSPS) is 14.2. The maximum atomic E-state index is 9.36. The second-order valence-electron chi connectivity index (χ2n) is 6.09. The van der Waals surface area contributed by atoms with Crippen LogP contribution in [0.15, 0.2) is 30.3 Å². The molecule has 1 rings (SSSR count). The van der Waals surface area contributed by atoms with Gasteiger partial charge in [-0.1, -0.05) is 44.2 Å². The van der Waals surface area contributed by atoms with Crippen molar-refractivity contribution in [2.75, 3.05) is 27.2 Å². The summed E-state index contributed by atoms with van der Waals surface area (Å²) in [5.41, 5.74) is 1.09. The van der Waals surface area contributed by atoms with Gasteiger partial charge in [-0.15, -0.1) is 0 Å². The van der Waals surface area contributed by atoms with Gasteiger partial charge in [0.25, 0.3) is 0 Å². The highest BCUT2D eigenvalue weighted by molar-refractivity contribution is 5.25. The molecule has 0 saturated carbocycles. The Balaban J connectivity index is 2.58. The number of nitrogens with one attached hydrogen (secondary N) is 1. The molecule has 0 aromatic heterocycles. The Morgan fingerprint density at radius 2 is 1.85 bits per heavy atom. The molecule has 1 aromatic rings. The zero-order chi connectivity index (χ0) is 15.0. The van der Waals surface area contributed by atoms with E-state index in [0.29, 0.717) is 18.5 Å². The van der Waals surface area contributed by atoms with Crippen molar-refractivity contribution in [3.8, 4) is 6.07 Å². The second kappa shape index (κ2) is 8.73. The van der Waals surface area contributed by atoms with Gasteiger partial charge in [0.15, 0.2) is 0 Å². The van der Waals surface area contributed by atoms with E-state index in [1.165, 1.54) is 0 Å². The van der Waals surface area contributed by atoms with Crippen molar-refractivity contribution in [2.45, 2.75) is 32.2 Å². The number of nitriles is 1. The summed E-state index contributed by atoms with van der Waals surface area (Å²) >= 11 is 0. The van der Waals surface area contributed by atoms with Gasteiger partial charge in [-0.25, -0.2) is 0 Å². The Bertz CT molecular complexity index is 396. The molecular formula is C17H27N3. The van der Waals surface area contributed by atoms with Crippen molar-refractivity contribution in [1.29, 1.82) is 5.26 Å². The Kier molecular flexibility index (Phi) is 7.28. The third-order valence-electron chi connectivity index (χ3n) is 3.31. The molecule has 0 saturated heterocycles. The first-order valence-electron chi connectivity index (χ1n) is 7.35. The van der Waals surface area contributed by atoms with E-state index in [9.17, 15) is 5.26 Å². The van der Waals surface area contributed by atoms with E-state index >= 15 is 0 Å². The van der Waals surface area contributed by atoms with Gasteiger partial charge in [0, 0.05) is 19.1 Å². The van der Waals surface area contributed by atoms with E-state index < -0.39 is 0 Å². The molecule has 2 unspecified atom stereocenters. The molecule has 0 heterocycles. The number of nitrogens with zero attached hydrogens (tertiary/aromatic N) is 2. The van der Waals surface area contributed by atoms with Gasteiger partial charge in [-0.3, -0.25) is 0 Å². The molecule has 2 atom stereocenters. The molecule has 0 spiro atoms. The van der Waals surface area contributed by atoms with Crippen molar-refractivity contribution < 1.29 is 0 Å². The predicted molar refractivity (Wildman–Crippen MR) is 84.6 cm³/mol. The molecule has 110 valence electrons. The van der Waals surface area contributed by atoms with E-state index in [2.05, 4.69) is 44.2 Å². The van der Waals surface area contributed by atoms with Crippen LogP contribution in [0.5, 0.6) is 0 Å². The fraction of sp³-hybridized carbons (Fsp3) is 0.588. The summed E-state index contributed by atoms with van der Waals surface area (Å²) in [5.74, 6) is 0.581. The molecule has 0 aliphatic heterocycles. The van der Waals surface area contributed by atoms with Crippen molar-refractivity contribution in [3.63, 3.8) is 0 Å². The second-order valence-corrected chi connectivity index (χ2v) is 6.09. The number of rotatable bonds is 8. The summed E-state index contributed by atoms with van der Waals surface area (Å²) in [6, 6.07) is 12.9. The van der Waals surface area contributed by atoms with Crippen LogP contribution in [0.25, 0.3) is 0 Å². The maximum absolute atomic E-state index is 9.36. The van der Waals surface area contributed by atoms with Crippen LogP contribution in [0.2, 0.25) is 0 Å². The highest BCUT2D eigenvalue weighted by Gasteiger charge is 2.15. The molecule has 1 N–H and O–H groups in total. The summed E-state index contributed by atoms with van der Waals surface area (Å²) in [7, 11) is 4.18. The quantitative estimate of drug-likeness (QED) is 0.791. The van der Waals surface area contributed by atoms with Crippen LogP contribution in [-0.4, -0.2) is 38.1 Å². The monoisotopic (exact) mass is 273 g/mol. The Morgan fingerprint density at radius 3 is 2.35 bits per heavy atom. The molecule has 3 nitrogen and oxygen atoms in total. The first kappa shape index (κ1) is 16.7. The minimum Gasteiger partial charge on any atom is -0.311 e. The van der Waals surface area contributed by atoms with Gasteiger partial charge in [0.05, 0.1) is 12.0 Å². The van der Waals surface area contributed by atoms with Crippen LogP contribution in [0.1, 0.15) is 31.7 Å². The molecule has 3 heteroatoms. The van der Waals surface area contributed by atoms with E-state index in [-0.39, 0.29) is 5.92 Å². The summed E-state index contributed by atoms with van der Waals surface area (Å²) < 4.78 is 0. The number of hydrogen-bond donors (Lipinski definition) is 1. The van der Waals surface area contributed by atoms with Crippen LogP contribution in [0, 0.1) is 17.2 Å². The lowest BCUT2D eigenvalue weighted by Gasteiger charge is -2.25. The standard InChI is InChI=1S/C17H27N3/c1-14(2)10-17(13-20(3)4)19-12-16(11-18)15-8-6-5-7-9-15/h5-9,14,16-17,19H,10,12-13H2,1-4H3. The summed E-state index contributed by atoms with van der Waals surface area (Å²) in [4.78, 5) is 2.20. The van der Waals surface area contributed by atoms with Crippen molar-refractivity contribution in [2.24, 2.45) is 5.92 Å². The lowest BCUT2D eigenvalue weighted by molar-refractivity contribution is 0.305. The highest BCUT2D eigenvalue weighted by atomic mass is 15.1. The van der Waals surface area contributed by atoms with Crippen molar-refractivity contribution in [1.82, 2.24) is 10.2 Å². The van der Waals surface area contributed by atoms with Crippen molar-refractivity contribution in [3.05, 3.63) is 35.9 Å². The zero-order valence-electron chi connectivity index (χ0n) is 13.1. The van der Waals surface area contributed by atoms with E-state index in [4.69, 9.17) is 0 Å². The molecule has 0 amide bonds. The Labute approximate surface area is 123 Å². The minimum atomic E-state index is -0.0759. The average Bonchev–Trinajstić information content (AvgIpc) is 2.39. The highest BCUT2D eigenvalue weighted by Crippen LogP contribution is 2.14. The van der Waals surface area contributed by atoms with Gasteiger partial charge in [0.2, 0.25) is 0 Å². The lowest BCUT2D eigenvalue weighted by atomic mass is 9.98. The summed E-state index contributed by atoms with van der Waals surface area (Å²) in [6.07, 6.45) is 1.13. The first-order chi connectivity index (χ1) is 9.52. The van der Waals surface area contributed by atoms with Crippen LogP contribution < -0.4 is 5.32 Å². The van der Waals surface area contributed by atoms with Crippen LogP contribution in [0.3, 0.4) is 0 Å². The minimum absolute atomic E-state index is 0.0759. The maximum Gasteiger partial charge on any atom is 0.0837 e. The number of likely N-dealkylation sites (N-methyl/N-ethyl adjacent to an activating group) is 1. The van der Waals surface area contributed by atoms with Crippen LogP contribution in [0.4, 0.5) is 0 Å². The van der Waals surface area contributed by atoms with Crippen LogP contribution in [-0.2, 0) is 0 Å². The van der Waals surface area contributed by atoms with E-state index in [1.54, 1.807) is 0 Å². The zero-order valence-corrected chi connectivity index (χ0v) is 13.1. The largest absolute Gasteiger partial charge is 0.311 e. The molecule has 0 aliphatic carbocycles.